The van der Waals surface area contributed by atoms with Gasteiger partial charge in [-0.15, -0.1) is 0 Å². The Labute approximate surface area is 118 Å². The molecule has 0 aliphatic carbocycles. The van der Waals surface area contributed by atoms with E-state index in [1.165, 1.54) is 11.9 Å². The summed E-state index contributed by atoms with van der Waals surface area (Å²) in [6.45, 7) is 6.93. The van der Waals surface area contributed by atoms with Gasteiger partial charge in [0.05, 0.1) is 12.1 Å². The number of likely N-dealkylation sites (N-methyl/N-ethyl adjacent to an activating group) is 1. The molecule has 0 aromatic carbocycles. The van der Waals surface area contributed by atoms with Crippen molar-refractivity contribution in [3.8, 4) is 0 Å². The van der Waals surface area contributed by atoms with Crippen LogP contribution in [0.25, 0.3) is 0 Å². The van der Waals surface area contributed by atoms with Crippen LogP contribution in [0.1, 0.15) is 34.1 Å². The molecule has 0 radical (unpaired) electrons. The molecule has 2 amide bonds. The Kier molecular flexibility index (Phi) is 4.72. The lowest BCUT2D eigenvalue weighted by Crippen LogP contribution is -2.72. The fraction of sp³-hybridized carbons (Fsp3) is 0.750. The summed E-state index contributed by atoms with van der Waals surface area (Å²) in [6.07, 6.45) is -0.372. The zero-order chi connectivity index (χ0) is 15.6. The fourth-order valence-electron chi connectivity index (χ4n) is 1.86. The van der Waals surface area contributed by atoms with E-state index in [1.807, 2.05) is 0 Å². The average molecular weight is 286 g/mol. The van der Waals surface area contributed by atoms with Crippen LogP contribution < -0.4 is 16.2 Å². The Morgan fingerprint density at radius 2 is 2.15 bits per heavy atom. The predicted octanol–water partition coefficient (Wildman–Crippen LogP) is -0.927. The van der Waals surface area contributed by atoms with Gasteiger partial charge in [-0.1, -0.05) is 0 Å². The number of nitrogens with zero attached hydrogens (tertiary/aromatic N) is 1. The van der Waals surface area contributed by atoms with E-state index in [4.69, 9.17) is 4.74 Å². The van der Waals surface area contributed by atoms with E-state index >= 15 is 0 Å². The molecule has 1 rings (SSSR count). The van der Waals surface area contributed by atoms with Crippen molar-refractivity contribution in [3.63, 3.8) is 0 Å². The highest BCUT2D eigenvalue weighted by molar-refractivity contribution is 5.86. The monoisotopic (exact) mass is 286 g/mol. The first-order valence-electron chi connectivity index (χ1n) is 6.30. The van der Waals surface area contributed by atoms with Gasteiger partial charge in [-0.2, -0.15) is 0 Å². The van der Waals surface area contributed by atoms with E-state index in [-0.39, 0.29) is 12.3 Å². The predicted molar refractivity (Wildman–Crippen MR) is 70.9 cm³/mol. The van der Waals surface area contributed by atoms with Crippen molar-refractivity contribution in [1.82, 2.24) is 21.1 Å². The molecule has 1 heterocycles. The Morgan fingerprint density at radius 3 is 2.65 bits per heavy atom. The highest BCUT2D eigenvalue weighted by Gasteiger charge is 2.43. The summed E-state index contributed by atoms with van der Waals surface area (Å²) in [5, 5.41) is 2.97. The Bertz CT molecular complexity index is 407. The van der Waals surface area contributed by atoms with Gasteiger partial charge in [0, 0.05) is 7.05 Å². The van der Waals surface area contributed by atoms with Crippen molar-refractivity contribution < 1.29 is 19.1 Å². The highest BCUT2D eigenvalue weighted by atomic mass is 16.6. The van der Waals surface area contributed by atoms with Gasteiger partial charge in [0.25, 0.3) is 0 Å². The van der Waals surface area contributed by atoms with Gasteiger partial charge in [0.1, 0.15) is 5.60 Å². The first kappa shape index (κ1) is 16.4. The van der Waals surface area contributed by atoms with Gasteiger partial charge in [-0.25, -0.2) is 10.2 Å². The molecule has 1 saturated heterocycles. The fourth-order valence-corrected chi connectivity index (χ4v) is 1.86. The Morgan fingerprint density at radius 1 is 1.55 bits per heavy atom. The van der Waals surface area contributed by atoms with Crippen molar-refractivity contribution >= 4 is 18.3 Å². The molecule has 1 aliphatic rings. The van der Waals surface area contributed by atoms with Gasteiger partial charge in [0.15, 0.2) is 6.17 Å². The number of nitrogens with one attached hydrogen (secondary N) is 3. The zero-order valence-corrected chi connectivity index (χ0v) is 12.4. The lowest BCUT2D eigenvalue weighted by Gasteiger charge is -2.43. The minimum atomic E-state index is -0.925. The van der Waals surface area contributed by atoms with Crippen LogP contribution in [0.3, 0.4) is 0 Å². The largest absolute Gasteiger partial charge is 0.457 e. The third-order valence-corrected chi connectivity index (χ3v) is 2.78. The lowest BCUT2D eigenvalue weighted by molar-refractivity contribution is -0.170. The van der Waals surface area contributed by atoms with E-state index in [2.05, 4.69) is 16.2 Å². The molecule has 0 saturated carbocycles. The second-order valence-corrected chi connectivity index (χ2v) is 5.98. The highest BCUT2D eigenvalue weighted by Crippen LogP contribution is 2.19. The number of carbonyl (C=O) groups excluding carboxylic acids is 3. The van der Waals surface area contributed by atoms with Crippen LogP contribution in [0.15, 0.2) is 0 Å². The van der Waals surface area contributed by atoms with Crippen LogP contribution in [0.4, 0.5) is 0 Å². The summed E-state index contributed by atoms with van der Waals surface area (Å²) in [5.41, 5.74) is 3.38. The molecule has 0 spiro atoms. The quantitative estimate of drug-likeness (QED) is 0.351. The van der Waals surface area contributed by atoms with E-state index < -0.39 is 23.4 Å². The van der Waals surface area contributed by atoms with Crippen LogP contribution in [-0.4, -0.2) is 47.7 Å². The maximum absolute atomic E-state index is 12.1. The number of hydrogen-bond donors (Lipinski definition) is 3. The molecule has 1 aliphatic heterocycles. The molecule has 20 heavy (non-hydrogen) atoms. The minimum Gasteiger partial charge on any atom is -0.457 e. The smallest absolute Gasteiger partial charge is 0.344 e. The normalized spacial score (nSPS) is 27.1. The van der Waals surface area contributed by atoms with Crippen LogP contribution in [0, 0.1) is 0 Å². The van der Waals surface area contributed by atoms with E-state index in [9.17, 15) is 14.4 Å². The van der Waals surface area contributed by atoms with Crippen molar-refractivity contribution in [2.24, 2.45) is 0 Å². The second kappa shape index (κ2) is 5.76. The van der Waals surface area contributed by atoms with Crippen LogP contribution in [-0.2, 0) is 19.1 Å². The molecule has 8 nitrogen and oxygen atoms in total. The number of amides is 2. The first-order valence-corrected chi connectivity index (χ1v) is 6.30. The lowest BCUT2D eigenvalue weighted by atomic mass is 10.0. The third-order valence-electron chi connectivity index (χ3n) is 2.78. The summed E-state index contributed by atoms with van der Waals surface area (Å²) >= 11 is 0. The molecule has 1 fully saturated rings. The van der Waals surface area contributed by atoms with Crippen molar-refractivity contribution in [2.45, 2.75) is 51.5 Å². The van der Waals surface area contributed by atoms with Gasteiger partial charge in [0.2, 0.25) is 12.3 Å². The Balaban J connectivity index is 2.85. The molecular formula is C12H22N4O4. The molecular weight excluding hydrogens is 264 g/mol. The molecule has 8 heteroatoms. The summed E-state index contributed by atoms with van der Waals surface area (Å²) in [6, 6.07) is 0. The van der Waals surface area contributed by atoms with Crippen molar-refractivity contribution in [2.75, 3.05) is 7.05 Å². The summed E-state index contributed by atoms with van der Waals surface area (Å²) in [4.78, 5) is 35.8. The maximum atomic E-state index is 12.1. The zero-order valence-electron chi connectivity index (χ0n) is 12.4. The van der Waals surface area contributed by atoms with Gasteiger partial charge >= 0.3 is 5.97 Å². The van der Waals surface area contributed by atoms with Gasteiger partial charge in [-0.3, -0.25) is 20.3 Å². The van der Waals surface area contributed by atoms with Gasteiger partial charge in [-0.05, 0) is 27.7 Å². The molecule has 3 N–H and O–H groups in total. The third kappa shape index (κ3) is 4.17. The number of carbonyl (C=O) groups is 3. The molecule has 114 valence electrons. The van der Waals surface area contributed by atoms with Crippen LogP contribution in [0.5, 0.6) is 0 Å². The van der Waals surface area contributed by atoms with E-state index in [0.29, 0.717) is 6.41 Å². The minimum absolute atomic E-state index is 0.0869. The summed E-state index contributed by atoms with van der Waals surface area (Å²) < 4.78 is 5.28. The Hall–Kier alpha value is -1.67. The molecule has 0 bridgehead atoms. The molecule has 2 atom stereocenters. The number of rotatable bonds is 4. The molecule has 0 aromatic rings. The first-order chi connectivity index (χ1) is 9.08. The standard InChI is InChI=1S/C12H22N4O4/c1-11(2,3)20-10(19)9-14-12(4,15-13-7-17)6-8(18)16(9)5/h7,9,14-15H,6H2,1-5H3,(H,13,17). The SMILES string of the molecule is CN1C(=O)CC(C)(NNC=O)NC1C(=O)OC(C)(C)C. The summed E-state index contributed by atoms with van der Waals surface area (Å²) in [5.74, 6) is -0.783. The summed E-state index contributed by atoms with van der Waals surface area (Å²) in [7, 11) is 1.52. The van der Waals surface area contributed by atoms with Gasteiger partial charge < -0.3 is 9.64 Å². The molecule has 2 unspecified atom stereocenters. The number of ether oxygens (including phenoxy) is 1. The van der Waals surface area contributed by atoms with Crippen LogP contribution in [0.2, 0.25) is 0 Å². The van der Waals surface area contributed by atoms with Crippen molar-refractivity contribution in [1.29, 1.82) is 0 Å². The van der Waals surface area contributed by atoms with E-state index in [0.717, 1.165) is 0 Å². The second-order valence-electron chi connectivity index (χ2n) is 5.98. The average Bonchev–Trinajstić information content (AvgIpc) is 2.29. The van der Waals surface area contributed by atoms with Crippen LogP contribution >= 0.6 is 0 Å². The number of hydrazine groups is 1. The number of esters is 1. The number of hydrogen-bond acceptors (Lipinski definition) is 6. The topological polar surface area (TPSA) is 99.8 Å². The maximum Gasteiger partial charge on any atom is 0.344 e. The van der Waals surface area contributed by atoms with E-state index in [1.54, 1.807) is 27.7 Å². The van der Waals surface area contributed by atoms with Crippen molar-refractivity contribution in [3.05, 3.63) is 0 Å². The molecule has 0 aromatic heterocycles.